The lowest BCUT2D eigenvalue weighted by Gasteiger charge is -2.09. The van der Waals surface area contributed by atoms with Gasteiger partial charge in [0.05, 0.1) is 8.22 Å². The van der Waals surface area contributed by atoms with E-state index in [1.165, 1.54) is 0 Å². The zero-order valence-corrected chi connectivity index (χ0v) is 23.5. The highest BCUT2D eigenvalue weighted by Gasteiger charge is 2.14. The van der Waals surface area contributed by atoms with Crippen LogP contribution in [0.25, 0.3) is 76.6 Å². The summed E-state index contributed by atoms with van der Waals surface area (Å²) in [5.74, 6) is 0.809. The molecule has 0 saturated heterocycles. The van der Waals surface area contributed by atoms with Gasteiger partial charge in [0, 0.05) is 36.9 Å². The molecule has 0 unspecified atom stereocenters. The van der Waals surface area contributed by atoms with Gasteiger partial charge >= 0.3 is 0 Å². The lowest BCUT2D eigenvalue weighted by molar-refractivity contribution is 1.07. The molecule has 0 fully saturated rings. The second-order valence-corrected chi connectivity index (χ2v) is 11.0. The number of hydrogen-bond acceptors (Lipinski definition) is 4. The Morgan fingerprint density at radius 1 is 0.372 bits per heavy atom. The van der Waals surface area contributed by atoms with Crippen molar-refractivity contribution in [3.05, 3.63) is 152 Å². The van der Waals surface area contributed by atoms with E-state index in [-0.39, 0.29) is 58.4 Å². The van der Waals surface area contributed by atoms with Crippen LogP contribution in [-0.4, -0.2) is 15.0 Å². The van der Waals surface area contributed by atoms with Crippen molar-refractivity contribution in [1.29, 1.82) is 0 Å². The molecule has 0 aliphatic carbocycles. The number of thiophene rings is 1. The highest BCUT2D eigenvalue weighted by atomic mass is 32.1. The Morgan fingerprint density at radius 3 is 1.30 bits per heavy atom. The summed E-state index contributed by atoms with van der Waals surface area (Å²) < 4.78 is 55.2. The zero-order chi connectivity index (χ0) is 33.8. The first-order chi connectivity index (χ1) is 23.8. The van der Waals surface area contributed by atoms with Crippen molar-refractivity contribution in [1.82, 2.24) is 15.0 Å². The van der Waals surface area contributed by atoms with E-state index in [0.29, 0.717) is 32.2 Å². The Kier molecular flexibility index (Phi) is 4.91. The third-order valence-electron chi connectivity index (χ3n) is 7.21. The Labute approximate surface area is 262 Å². The highest BCUT2D eigenvalue weighted by Crippen LogP contribution is 2.38. The van der Waals surface area contributed by atoms with Crippen LogP contribution >= 0.6 is 11.3 Å². The van der Waals surface area contributed by atoms with Crippen LogP contribution in [0.4, 0.5) is 0 Å². The fourth-order valence-corrected chi connectivity index (χ4v) is 6.04. The fourth-order valence-electron chi connectivity index (χ4n) is 5.02. The summed E-state index contributed by atoms with van der Waals surface area (Å²) in [6.07, 6.45) is 0. The minimum atomic E-state index is -0.266. The Hall–Kier alpha value is -5.45. The number of aromatic nitrogens is 3. The Balaban J connectivity index is 1.35. The van der Waals surface area contributed by atoms with Crippen molar-refractivity contribution in [2.75, 3.05) is 0 Å². The maximum Gasteiger partial charge on any atom is 0.164 e. The van der Waals surface area contributed by atoms with Crippen LogP contribution in [0.2, 0.25) is 0 Å². The number of benzene rings is 6. The Morgan fingerprint density at radius 2 is 0.744 bits per heavy atom. The van der Waals surface area contributed by atoms with Crippen LogP contribution in [0.5, 0.6) is 0 Å². The molecule has 2 heterocycles. The largest absolute Gasteiger partial charge is 0.208 e. The highest BCUT2D eigenvalue weighted by molar-refractivity contribution is 7.25. The molecular weight excluding hydrogens is 543 g/mol. The Bertz CT molecular complexity index is 2540. The number of rotatable bonds is 5. The molecule has 0 N–H and O–H groups in total. The average molecular weight is 574 g/mol. The SMILES string of the molecule is [2H]c1c(-c2ccccc2)c([2H])c2sc3c([2H])c(-c4nc(-c5ccccc5)nc(-c5ccc(-c6ccccc6)cc5)n4)c([2H])c([2H])c3c2c1[2H]. The van der Waals surface area contributed by atoms with Gasteiger partial charge in [-0.05, 0) is 34.3 Å². The third kappa shape index (κ3) is 4.88. The monoisotopic (exact) mass is 573 g/mol. The molecular formula is C39H25N3S. The molecule has 0 amide bonds. The van der Waals surface area contributed by atoms with Gasteiger partial charge in [-0.1, -0.05) is 139 Å². The molecule has 8 rings (SSSR count). The second-order valence-electron chi connectivity index (χ2n) is 9.99. The van der Waals surface area contributed by atoms with Gasteiger partial charge in [-0.25, -0.2) is 15.0 Å². The molecule has 0 aliphatic heterocycles. The summed E-state index contributed by atoms with van der Waals surface area (Å²) in [4.78, 5) is 14.3. The summed E-state index contributed by atoms with van der Waals surface area (Å²) >= 11 is 1.13. The lowest BCUT2D eigenvalue weighted by atomic mass is 10.0. The molecule has 43 heavy (non-hydrogen) atoms. The van der Waals surface area contributed by atoms with Crippen molar-refractivity contribution in [3.63, 3.8) is 0 Å². The topological polar surface area (TPSA) is 38.7 Å². The van der Waals surface area contributed by atoms with Crippen molar-refractivity contribution >= 4 is 31.5 Å². The van der Waals surface area contributed by atoms with E-state index in [9.17, 15) is 1.37 Å². The van der Waals surface area contributed by atoms with E-state index in [1.807, 2.05) is 103 Å². The van der Waals surface area contributed by atoms with E-state index >= 15 is 0 Å². The van der Waals surface area contributed by atoms with E-state index in [1.54, 1.807) is 12.1 Å². The third-order valence-corrected chi connectivity index (χ3v) is 8.23. The molecule has 0 saturated carbocycles. The average Bonchev–Trinajstić information content (AvgIpc) is 3.56. The number of fused-ring (bicyclic) bond motifs is 3. The molecule has 3 nitrogen and oxygen atoms in total. The molecule has 8 aromatic rings. The standard InChI is InChI=1S/C39H25N3S/c1-4-10-26(11-5-1)28-16-18-30(19-17-28)38-40-37(29-14-8-3-9-15-29)41-39(42-38)32-21-23-34-33-22-20-31(27-12-6-2-7-13-27)24-35(33)43-36(34)25-32/h1-25H/i20D,21D,22D,23D,24D,25D. The number of hydrogen-bond donors (Lipinski definition) is 0. The molecule has 4 heteroatoms. The summed E-state index contributed by atoms with van der Waals surface area (Å²) in [6.45, 7) is 0. The van der Waals surface area contributed by atoms with E-state index in [2.05, 4.69) is 0 Å². The molecule has 0 radical (unpaired) electrons. The predicted molar refractivity (Wildman–Crippen MR) is 180 cm³/mol. The van der Waals surface area contributed by atoms with E-state index < -0.39 is 0 Å². The summed E-state index contributed by atoms with van der Waals surface area (Å²) in [7, 11) is 0. The molecule has 2 aromatic heterocycles. The lowest BCUT2D eigenvalue weighted by Crippen LogP contribution is -2.00. The van der Waals surface area contributed by atoms with Crippen LogP contribution in [0.1, 0.15) is 8.22 Å². The first kappa shape index (κ1) is 19.6. The molecule has 0 bridgehead atoms. The van der Waals surface area contributed by atoms with Crippen molar-refractivity contribution < 1.29 is 8.22 Å². The van der Waals surface area contributed by atoms with Gasteiger partial charge in [-0.3, -0.25) is 0 Å². The van der Waals surface area contributed by atoms with Crippen molar-refractivity contribution in [2.45, 2.75) is 0 Å². The first-order valence-corrected chi connectivity index (χ1v) is 14.6. The molecule has 0 spiro atoms. The maximum atomic E-state index is 9.37. The van der Waals surface area contributed by atoms with E-state index in [4.69, 9.17) is 21.8 Å². The van der Waals surface area contributed by atoms with Crippen LogP contribution in [0, 0.1) is 0 Å². The van der Waals surface area contributed by atoms with Crippen LogP contribution < -0.4 is 0 Å². The summed E-state index contributed by atoms with van der Waals surface area (Å²) in [5, 5.41) is 0.465. The van der Waals surface area contributed by atoms with E-state index in [0.717, 1.165) is 33.6 Å². The normalized spacial score (nSPS) is 13.2. The van der Waals surface area contributed by atoms with Gasteiger partial charge in [0.25, 0.3) is 0 Å². The van der Waals surface area contributed by atoms with Crippen LogP contribution in [0.3, 0.4) is 0 Å². The zero-order valence-electron chi connectivity index (χ0n) is 28.7. The molecule has 202 valence electrons. The summed E-state index contributed by atoms with van der Waals surface area (Å²) in [5.41, 5.74) is 4.60. The second kappa shape index (κ2) is 10.8. The number of nitrogens with zero attached hydrogens (tertiary/aromatic N) is 3. The maximum absolute atomic E-state index is 9.37. The first-order valence-electron chi connectivity index (χ1n) is 16.8. The summed E-state index contributed by atoms with van der Waals surface area (Å²) in [6, 6.07) is 35.6. The molecule has 6 aromatic carbocycles. The predicted octanol–water partition coefficient (Wildman–Crippen LogP) is 10.6. The van der Waals surface area contributed by atoms with Gasteiger partial charge < -0.3 is 0 Å². The van der Waals surface area contributed by atoms with Gasteiger partial charge in [-0.15, -0.1) is 11.3 Å². The quantitative estimate of drug-likeness (QED) is 0.206. The fraction of sp³-hybridized carbons (Fsp3) is 0. The van der Waals surface area contributed by atoms with Gasteiger partial charge in [0.2, 0.25) is 0 Å². The minimum absolute atomic E-state index is 0.0584. The minimum Gasteiger partial charge on any atom is -0.208 e. The molecule has 0 atom stereocenters. The van der Waals surface area contributed by atoms with Crippen molar-refractivity contribution in [3.8, 4) is 56.4 Å². The van der Waals surface area contributed by atoms with Gasteiger partial charge in [0.15, 0.2) is 17.5 Å². The van der Waals surface area contributed by atoms with Crippen LogP contribution in [-0.2, 0) is 0 Å². The van der Waals surface area contributed by atoms with Gasteiger partial charge in [-0.2, -0.15) is 0 Å². The molecule has 0 aliphatic rings. The van der Waals surface area contributed by atoms with Gasteiger partial charge in [0.1, 0.15) is 0 Å². The van der Waals surface area contributed by atoms with Crippen LogP contribution in [0.15, 0.2) is 152 Å². The van der Waals surface area contributed by atoms with Crippen molar-refractivity contribution in [2.24, 2.45) is 0 Å². The smallest absolute Gasteiger partial charge is 0.164 e.